The molecule has 0 atom stereocenters. The lowest BCUT2D eigenvalue weighted by Crippen LogP contribution is -2.09. The second-order valence-electron chi connectivity index (χ2n) is 2.91. The Balaban J connectivity index is 2.82. The largest absolute Gasteiger partial charge is 0.481 e. The highest BCUT2D eigenvalue weighted by molar-refractivity contribution is 5.84. The van der Waals surface area contributed by atoms with E-state index in [1.165, 1.54) is 6.21 Å². The van der Waals surface area contributed by atoms with Gasteiger partial charge in [0.1, 0.15) is 0 Å². The molecular weight excluding hydrogens is 212 g/mol. The van der Waals surface area contributed by atoms with Gasteiger partial charge in [0.2, 0.25) is 0 Å². The molecule has 0 radical (unpaired) electrons. The highest BCUT2D eigenvalue weighted by Gasteiger charge is 2.04. The fourth-order valence-electron chi connectivity index (χ4n) is 1.12. The van der Waals surface area contributed by atoms with Gasteiger partial charge in [0.15, 0.2) is 0 Å². The maximum Gasteiger partial charge on any atom is 0.430 e. The molecule has 0 saturated heterocycles. The van der Waals surface area contributed by atoms with Crippen molar-refractivity contribution in [1.29, 1.82) is 0 Å². The Bertz CT molecular complexity index is 429. The number of carboxylic acids is 1. The van der Waals surface area contributed by atoms with E-state index in [4.69, 9.17) is 10.8 Å². The molecule has 16 heavy (non-hydrogen) atoms. The lowest BCUT2D eigenvalue weighted by atomic mass is 10.1. The van der Waals surface area contributed by atoms with Crippen LogP contribution in [0, 0.1) is 0 Å². The van der Waals surface area contributed by atoms with Gasteiger partial charge in [-0.1, -0.05) is 29.4 Å². The molecule has 0 unspecified atom stereocenters. The van der Waals surface area contributed by atoms with Gasteiger partial charge < -0.3 is 10.8 Å². The van der Waals surface area contributed by atoms with Gasteiger partial charge in [-0.05, 0) is 11.1 Å². The molecule has 0 spiro atoms. The predicted molar refractivity (Wildman–Crippen MR) is 56.0 cm³/mol. The van der Waals surface area contributed by atoms with E-state index < -0.39 is 12.1 Å². The summed E-state index contributed by atoms with van der Waals surface area (Å²) >= 11 is 0. The quantitative estimate of drug-likeness (QED) is 0.445. The summed E-state index contributed by atoms with van der Waals surface area (Å²) < 4.78 is 0. The van der Waals surface area contributed by atoms with Crippen molar-refractivity contribution in [1.82, 2.24) is 0 Å². The number of amides is 1. The Morgan fingerprint density at radius 3 is 2.75 bits per heavy atom. The fraction of sp³-hybridized carbons (Fsp3) is 0.100. The fourth-order valence-corrected chi connectivity index (χ4v) is 1.12. The molecule has 6 heteroatoms. The first kappa shape index (κ1) is 11.7. The van der Waals surface area contributed by atoms with Crippen LogP contribution in [0.15, 0.2) is 29.4 Å². The molecule has 0 aliphatic rings. The van der Waals surface area contributed by atoms with Crippen molar-refractivity contribution in [2.45, 2.75) is 6.42 Å². The summed E-state index contributed by atoms with van der Waals surface area (Å²) in [6.45, 7) is 0. The first-order valence-electron chi connectivity index (χ1n) is 4.39. The third-order valence-electron chi connectivity index (χ3n) is 1.73. The second kappa shape index (κ2) is 5.50. The molecule has 6 nitrogen and oxygen atoms in total. The first-order valence-corrected chi connectivity index (χ1v) is 4.39. The van der Waals surface area contributed by atoms with E-state index in [0.717, 1.165) is 0 Å². The standard InChI is InChI=1S/C10H10N2O4/c11-10(15)16-12-6-8-4-2-1-3-7(8)5-9(13)14/h1-4,6H,5H2,(H2,11,15)(H,13,14)/b12-6+. The van der Waals surface area contributed by atoms with Crippen molar-refractivity contribution < 1.29 is 19.5 Å². The highest BCUT2D eigenvalue weighted by Crippen LogP contribution is 2.07. The zero-order chi connectivity index (χ0) is 12.0. The minimum atomic E-state index is -1.02. The van der Waals surface area contributed by atoms with Crippen LogP contribution in [0.2, 0.25) is 0 Å². The summed E-state index contributed by atoms with van der Waals surface area (Å²) in [5.41, 5.74) is 5.84. The Kier molecular flexibility index (Phi) is 4.02. The molecule has 1 aromatic carbocycles. The topological polar surface area (TPSA) is 102 Å². The van der Waals surface area contributed by atoms with Gasteiger partial charge >= 0.3 is 12.1 Å². The molecular formula is C10H10N2O4. The lowest BCUT2D eigenvalue weighted by molar-refractivity contribution is -0.136. The Labute approximate surface area is 91.3 Å². The molecule has 1 amide bonds. The van der Waals surface area contributed by atoms with Crippen molar-refractivity contribution in [3.63, 3.8) is 0 Å². The minimum Gasteiger partial charge on any atom is -0.481 e. The smallest absolute Gasteiger partial charge is 0.430 e. The van der Waals surface area contributed by atoms with Crippen LogP contribution < -0.4 is 5.73 Å². The van der Waals surface area contributed by atoms with Crippen LogP contribution in [0.3, 0.4) is 0 Å². The van der Waals surface area contributed by atoms with Crippen LogP contribution in [-0.2, 0) is 16.1 Å². The molecule has 1 aromatic rings. The van der Waals surface area contributed by atoms with E-state index >= 15 is 0 Å². The van der Waals surface area contributed by atoms with Gasteiger partial charge in [-0.3, -0.25) is 9.63 Å². The van der Waals surface area contributed by atoms with E-state index in [1.807, 2.05) is 0 Å². The van der Waals surface area contributed by atoms with Crippen molar-refractivity contribution in [2.24, 2.45) is 10.9 Å². The third kappa shape index (κ3) is 3.79. The average molecular weight is 222 g/mol. The number of nitrogens with zero attached hydrogens (tertiary/aromatic N) is 1. The summed E-state index contributed by atoms with van der Waals surface area (Å²) in [4.78, 5) is 25.0. The molecule has 0 saturated carbocycles. The molecule has 0 bridgehead atoms. The average Bonchev–Trinajstić information content (AvgIpc) is 2.19. The van der Waals surface area contributed by atoms with Crippen LogP contribution in [-0.4, -0.2) is 23.4 Å². The summed E-state index contributed by atoms with van der Waals surface area (Å²) in [7, 11) is 0. The minimum absolute atomic E-state index is 0.126. The maximum absolute atomic E-state index is 10.6. The van der Waals surface area contributed by atoms with Crippen LogP contribution in [0.25, 0.3) is 0 Å². The molecule has 0 fully saturated rings. The first-order chi connectivity index (χ1) is 7.59. The third-order valence-corrected chi connectivity index (χ3v) is 1.73. The molecule has 0 aliphatic heterocycles. The van der Waals surface area contributed by atoms with Crippen LogP contribution >= 0.6 is 0 Å². The number of aliphatic carboxylic acids is 1. The normalized spacial score (nSPS) is 10.2. The van der Waals surface area contributed by atoms with Gasteiger partial charge in [-0.15, -0.1) is 0 Å². The van der Waals surface area contributed by atoms with Crippen LogP contribution in [0.4, 0.5) is 4.79 Å². The van der Waals surface area contributed by atoms with Gasteiger partial charge in [0.25, 0.3) is 0 Å². The number of nitrogens with two attached hydrogens (primary N) is 1. The SMILES string of the molecule is NC(=O)O/N=C/c1ccccc1CC(=O)O. The van der Waals surface area contributed by atoms with Crippen molar-refractivity contribution in [3.05, 3.63) is 35.4 Å². The molecule has 0 aromatic heterocycles. The van der Waals surface area contributed by atoms with Crippen molar-refractivity contribution >= 4 is 18.3 Å². The molecule has 3 N–H and O–H groups in total. The van der Waals surface area contributed by atoms with E-state index in [2.05, 4.69) is 9.99 Å². The number of primary amides is 1. The van der Waals surface area contributed by atoms with Gasteiger partial charge in [0.05, 0.1) is 12.6 Å². The number of oxime groups is 1. The number of carbonyl (C=O) groups is 2. The summed E-state index contributed by atoms with van der Waals surface area (Å²) in [5, 5.41) is 12.0. The maximum atomic E-state index is 10.6. The molecule has 84 valence electrons. The van der Waals surface area contributed by atoms with E-state index in [-0.39, 0.29) is 6.42 Å². The van der Waals surface area contributed by atoms with E-state index in [9.17, 15) is 9.59 Å². The lowest BCUT2D eigenvalue weighted by Gasteiger charge is -2.01. The zero-order valence-electron chi connectivity index (χ0n) is 8.29. The van der Waals surface area contributed by atoms with Crippen LogP contribution in [0.1, 0.15) is 11.1 Å². The summed E-state index contributed by atoms with van der Waals surface area (Å²) in [6.07, 6.45) is 0.0916. The van der Waals surface area contributed by atoms with E-state index in [0.29, 0.717) is 11.1 Å². The van der Waals surface area contributed by atoms with Crippen LogP contribution in [0.5, 0.6) is 0 Å². The van der Waals surface area contributed by atoms with Gasteiger partial charge in [0, 0.05) is 0 Å². The van der Waals surface area contributed by atoms with Gasteiger partial charge in [-0.2, -0.15) is 0 Å². The molecule has 0 heterocycles. The second-order valence-corrected chi connectivity index (χ2v) is 2.91. The number of benzene rings is 1. The molecule has 1 rings (SSSR count). The number of hydrogen-bond donors (Lipinski definition) is 2. The Hall–Kier alpha value is -2.37. The number of hydrogen-bond acceptors (Lipinski definition) is 4. The van der Waals surface area contributed by atoms with E-state index in [1.54, 1.807) is 24.3 Å². The van der Waals surface area contributed by atoms with Crippen molar-refractivity contribution in [2.75, 3.05) is 0 Å². The summed E-state index contributed by atoms with van der Waals surface area (Å²) in [6, 6.07) is 6.74. The van der Waals surface area contributed by atoms with Crippen molar-refractivity contribution in [3.8, 4) is 0 Å². The zero-order valence-corrected chi connectivity index (χ0v) is 8.29. The van der Waals surface area contributed by atoms with Gasteiger partial charge in [-0.25, -0.2) is 4.79 Å². The number of carboxylic acid groups (broad SMARTS) is 1. The Morgan fingerprint density at radius 1 is 1.44 bits per heavy atom. The summed E-state index contributed by atoms with van der Waals surface area (Å²) in [5.74, 6) is -0.948. The predicted octanol–water partition coefficient (Wildman–Crippen LogP) is 0.743. The molecule has 0 aliphatic carbocycles. The number of carbonyl (C=O) groups excluding carboxylic acids is 1. The number of rotatable bonds is 4. The Morgan fingerprint density at radius 2 is 2.12 bits per heavy atom. The monoisotopic (exact) mass is 222 g/mol. The highest BCUT2D eigenvalue weighted by atomic mass is 16.7.